The molecule has 2 aromatic carbocycles. The number of rotatable bonds is 7. The van der Waals surface area contributed by atoms with Gasteiger partial charge in [-0.05, 0) is 43.2 Å². The van der Waals surface area contributed by atoms with E-state index in [-0.39, 0.29) is 5.91 Å². The lowest BCUT2D eigenvalue weighted by Gasteiger charge is -2.11. The summed E-state index contributed by atoms with van der Waals surface area (Å²) >= 11 is 0. The predicted octanol–water partition coefficient (Wildman–Crippen LogP) is 4.05. The smallest absolute Gasteiger partial charge is 0.253 e. The Kier molecular flexibility index (Phi) is 6.27. The molecule has 28 heavy (non-hydrogen) atoms. The number of hydrogen-bond acceptors (Lipinski definition) is 4. The quantitative estimate of drug-likeness (QED) is 0.676. The number of amides is 1. The van der Waals surface area contributed by atoms with Gasteiger partial charge in [0.05, 0.1) is 31.2 Å². The molecule has 0 saturated heterocycles. The van der Waals surface area contributed by atoms with Crippen molar-refractivity contribution in [1.29, 1.82) is 0 Å². The lowest BCUT2D eigenvalue weighted by molar-refractivity contribution is 0.0953. The normalized spacial score (nSPS) is 10.4. The van der Waals surface area contributed by atoms with Crippen molar-refractivity contribution in [3.63, 3.8) is 0 Å². The van der Waals surface area contributed by atoms with E-state index in [1.54, 1.807) is 14.2 Å². The number of methoxy groups -OCH3 is 2. The Morgan fingerprint density at radius 1 is 0.964 bits per heavy atom. The molecule has 0 aliphatic heterocycles. The van der Waals surface area contributed by atoms with E-state index in [2.05, 4.69) is 10.3 Å². The molecule has 1 N–H and O–H groups in total. The van der Waals surface area contributed by atoms with Crippen LogP contribution in [-0.2, 0) is 6.42 Å². The standard InChI is InChI=1S/C23H24N2O3/c1-16-19(10-11-20(25-16)18-7-5-4-6-8-18)23(26)24-14-13-17-9-12-21(27-2)22(15-17)28-3/h4-12,15H,13-14H2,1-3H3,(H,24,26). The summed E-state index contributed by atoms with van der Waals surface area (Å²) in [6.07, 6.45) is 0.695. The molecule has 5 nitrogen and oxygen atoms in total. The van der Waals surface area contributed by atoms with Crippen molar-refractivity contribution in [2.75, 3.05) is 20.8 Å². The minimum atomic E-state index is -0.120. The second-order valence-corrected chi connectivity index (χ2v) is 6.39. The summed E-state index contributed by atoms with van der Waals surface area (Å²) in [5.41, 5.74) is 4.26. The molecule has 1 amide bonds. The van der Waals surface area contributed by atoms with Crippen LogP contribution in [0, 0.1) is 6.92 Å². The number of pyridine rings is 1. The van der Waals surface area contributed by atoms with Gasteiger partial charge in [0.1, 0.15) is 0 Å². The highest BCUT2D eigenvalue weighted by molar-refractivity contribution is 5.95. The Labute approximate surface area is 165 Å². The molecule has 0 fully saturated rings. The number of nitrogens with zero attached hydrogens (tertiary/aromatic N) is 1. The van der Waals surface area contributed by atoms with Crippen LogP contribution >= 0.6 is 0 Å². The van der Waals surface area contributed by atoms with Gasteiger partial charge in [0.25, 0.3) is 5.91 Å². The van der Waals surface area contributed by atoms with Crippen LogP contribution in [0.2, 0.25) is 0 Å². The highest BCUT2D eigenvalue weighted by atomic mass is 16.5. The van der Waals surface area contributed by atoms with E-state index in [9.17, 15) is 4.79 Å². The van der Waals surface area contributed by atoms with Crippen molar-refractivity contribution in [2.24, 2.45) is 0 Å². The van der Waals surface area contributed by atoms with Crippen LogP contribution in [0.3, 0.4) is 0 Å². The first-order valence-corrected chi connectivity index (χ1v) is 9.14. The van der Waals surface area contributed by atoms with Crippen molar-refractivity contribution in [2.45, 2.75) is 13.3 Å². The lowest BCUT2D eigenvalue weighted by Crippen LogP contribution is -2.26. The maximum atomic E-state index is 12.5. The number of benzene rings is 2. The molecule has 1 heterocycles. The zero-order valence-electron chi connectivity index (χ0n) is 16.4. The van der Waals surface area contributed by atoms with Gasteiger partial charge in [-0.1, -0.05) is 36.4 Å². The van der Waals surface area contributed by atoms with Gasteiger partial charge in [-0.3, -0.25) is 9.78 Å². The van der Waals surface area contributed by atoms with Crippen molar-refractivity contribution in [3.05, 3.63) is 77.5 Å². The number of aromatic nitrogens is 1. The number of ether oxygens (including phenoxy) is 2. The fraction of sp³-hybridized carbons (Fsp3) is 0.217. The molecule has 0 saturated carbocycles. The maximum absolute atomic E-state index is 12.5. The van der Waals surface area contributed by atoms with Crippen molar-refractivity contribution < 1.29 is 14.3 Å². The largest absolute Gasteiger partial charge is 0.493 e. The molecule has 0 aliphatic carbocycles. The van der Waals surface area contributed by atoms with Gasteiger partial charge < -0.3 is 14.8 Å². The molecule has 3 aromatic rings. The first-order valence-electron chi connectivity index (χ1n) is 9.14. The Morgan fingerprint density at radius 2 is 1.71 bits per heavy atom. The summed E-state index contributed by atoms with van der Waals surface area (Å²) in [7, 11) is 3.22. The molecule has 0 unspecified atom stereocenters. The van der Waals surface area contributed by atoms with Crippen LogP contribution in [0.1, 0.15) is 21.6 Å². The predicted molar refractivity (Wildman–Crippen MR) is 110 cm³/mol. The zero-order valence-corrected chi connectivity index (χ0v) is 16.4. The van der Waals surface area contributed by atoms with Crippen LogP contribution < -0.4 is 14.8 Å². The number of carbonyl (C=O) groups is 1. The molecule has 0 radical (unpaired) electrons. The molecular formula is C23H24N2O3. The summed E-state index contributed by atoms with van der Waals surface area (Å²) in [4.78, 5) is 17.1. The SMILES string of the molecule is COc1ccc(CCNC(=O)c2ccc(-c3ccccc3)nc2C)cc1OC. The third-order valence-electron chi connectivity index (χ3n) is 4.55. The van der Waals surface area contributed by atoms with Crippen LogP contribution in [0.5, 0.6) is 11.5 Å². The summed E-state index contributed by atoms with van der Waals surface area (Å²) in [5.74, 6) is 1.25. The monoisotopic (exact) mass is 376 g/mol. The highest BCUT2D eigenvalue weighted by Crippen LogP contribution is 2.27. The summed E-state index contributed by atoms with van der Waals surface area (Å²) in [6.45, 7) is 2.38. The molecule has 0 aliphatic rings. The van der Waals surface area contributed by atoms with E-state index in [1.165, 1.54) is 0 Å². The average Bonchev–Trinajstić information content (AvgIpc) is 2.74. The fourth-order valence-corrected chi connectivity index (χ4v) is 3.02. The van der Waals surface area contributed by atoms with Gasteiger partial charge in [-0.15, -0.1) is 0 Å². The minimum Gasteiger partial charge on any atom is -0.493 e. The first-order chi connectivity index (χ1) is 13.6. The second kappa shape index (κ2) is 9.04. The first kappa shape index (κ1) is 19.4. The minimum absolute atomic E-state index is 0.120. The summed E-state index contributed by atoms with van der Waals surface area (Å²) in [5, 5.41) is 2.96. The van der Waals surface area contributed by atoms with Crippen LogP contribution in [0.4, 0.5) is 0 Å². The van der Waals surface area contributed by atoms with Gasteiger partial charge in [-0.25, -0.2) is 0 Å². The topological polar surface area (TPSA) is 60.5 Å². The molecule has 3 rings (SSSR count). The third-order valence-corrected chi connectivity index (χ3v) is 4.55. The van der Waals surface area contributed by atoms with E-state index in [4.69, 9.17) is 9.47 Å². The Bertz CT molecular complexity index is 955. The number of hydrogen-bond donors (Lipinski definition) is 1. The van der Waals surface area contributed by atoms with Gasteiger partial charge in [0.2, 0.25) is 0 Å². The van der Waals surface area contributed by atoms with Crippen LogP contribution in [0.25, 0.3) is 11.3 Å². The molecule has 144 valence electrons. The zero-order chi connectivity index (χ0) is 19.9. The summed E-state index contributed by atoms with van der Waals surface area (Å²) in [6, 6.07) is 19.4. The number of carbonyl (C=O) groups excluding carboxylic acids is 1. The van der Waals surface area contributed by atoms with Gasteiger partial charge in [0.15, 0.2) is 11.5 Å². The number of aryl methyl sites for hydroxylation is 1. The van der Waals surface area contributed by atoms with E-state index < -0.39 is 0 Å². The van der Waals surface area contributed by atoms with Crippen LogP contribution in [-0.4, -0.2) is 31.7 Å². The molecule has 0 atom stereocenters. The average molecular weight is 376 g/mol. The molecule has 1 aromatic heterocycles. The maximum Gasteiger partial charge on any atom is 0.253 e. The van der Waals surface area contributed by atoms with Crippen LogP contribution in [0.15, 0.2) is 60.7 Å². The van der Waals surface area contributed by atoms with Crippen molar-refractivity contribution in [3.8, 4) is 22.8 Å². The van der Waals surface area contributed by atoms with Crippen molar-refractivity contribution in [1.82, 2.24) is 10.3 Å². The summed E-state index contributed by atoms with van der Waals surface area (Å²) < 4.78 is 10.6. The second-order valence-electron chi connectivity index (χ2n) is 6.39. The fourth-order valence-electron chi connectivity index (χ4n) is 3.02. The van der Waals surface area contributed by atoms with E-state index in [0.717, 1.165) is 16.8 Å². The van der Waals surface area contributed by atoms with E-state index in [0.29, 0.717) is 35.7 Å². The van der Waals surface area contributed by atoms with Crippen molar-refractivity contribution >= 4 is 5.91 Å². The highest BCUT2D eigenvalue weighted by Gasteiger charge is 2.11. The Hall–Kier alpha value is -3.34. The van der Waals surface area contributed by atoms with Gasteiger partial charge in [0, 0.05) is 12.1 Å². The Balaban J connectivity index is 1.62. The van der Waals surface area contributed by atoms with Gasteiger partial charge >= 0.3 is 0 Å². The number of nitrogens with one attached hydrogen (secondary N) is 1. The molecule has 0 bridgehead atoms. The third kappa shape index (κ3) is 4.49. The van der Waals surface area contributed by atoms with E-state index >= 15 is 0 Å². The Morgan fingerprint density at radius 3 is 2.39 bits per heavy atom. The molecular weight excluding hydrogens is 352 g/mol. The molecule has 0 spiro atoms. The lowest BCUT2D eigenvalue weighted by atomic mass is 10.1. The molecule has 5 heteroatoms. The van der Waals surface area contributed by atoms with E-state index in [1.807, 2.05) is 67.6 Å². The van der Waals surface area contributed by atoms with Gasteiger partial charge in [-0.2, -0.15) is 0 Å².